The molecule has 0 aromatic heterocycles. The summed E-state index contributed by atoms with van der Waals surface area (Å²) < 4.78 is 33.7. The van der Waals surface area contributed by atoms with Crippen molar-refractivity contribution in [3.8, 4) is 5.75 Å². The first kappa shape index (κ1) is 22.9. The zero-order valence-electron chi connectivity index (χ0n) is 18.0. The number of nitrogens with one attached hydrogen (secondary N) is 2. The fourth-order valence-electron chi connectivity index (χ4n) is 3.69. The Kier molecular flexibility index (Phi) is 6.76. The normalized spacial score (nSPS) is 13.6. The number of carbonyl (C=O) groups excluding carboxylic acids is 1. The summed E-state index contributed by atoms with van der Waals surface area (Å²) in [5, 5.41) is 3.40. The van der Waals surface area contributed by atoms with E-state index in [1.807, 2.05) is 0 Å². The van der Waals surface area contributed by atoms with Gasteiger partial charge in [-0.1, -0.05) is 11.6 Å². The fraction of sp³-hybridized carbons (Fsp3) is 0.208. The first-order valence-corrected chi connectivity index (χ1v) is 12.3. The zero-order chi connectivity index (χ0) is 23.4. The number of carbonyl (C=O) groups is 1. The highest BCUT2D eigenvalue weighted by Gasteiger charge is 2.22. The monoisotopic (exact) mass is 485 g/mol. The second-order valence-corrected chi connectivity index (χ2v) is 9.79. The molecule has 0 radical (unpaired) electrons. The van der Waals surface area contributed by atoms with E-state index in [1.165, 1.54) is 6.07 Å². The van der Waals surface area contributed by atoms with Gasteiger partial charge in [-0.25, -0.2) is 8.42 Å². The molecule has 1 aliphatic heterocycles. The number of ether oxygens (including phenoxy) is 1. The van der Waals surface area contributed by atoms with Crippen molar-refractivity contribution in [2.45, 2.75) is 17.7 Å². The van der Waals surface area contributed by atoms with Crippen LogP contribution in [0.1, 0.15) is 23.2 Å². The lowest BCUT2D eigenvalue weighted by atomic mass is 10.2. The molecular formula is C24H24ClN3O4S. The van der Waals surface area contributed by atoms with Crippen LogP contribution in [-0.4, -0.2) is 34.5 Å². The Balaban J connectivity index is 1.65. The van der Waals surface area contributed by atoms with Crippen LogP contribution in [0.15, 0.2) is 71.6 Å². The molecule has 1 fully saturated rings. The SMILES string of the molecule is COc1ccc(C(=O)Nc2cc(S(=O)(=O)Nc3ccc(Cl)cc3)ccc2N2CCCC2)cc1. The number of amides is 1. The summed E-state index contributed by atoms with van der Waals surface area (Å²) in [5.41, 5.74) is 2.07. The van der Waals surface area contributed by atoms with Crippen molar-refractivity contribution >= 4 is 44.6 Å². The van der Waals surface area contributed by atoms with Gasteiger partial charge in [0.2, 0.25) is 0 Å². The molecule has 1 saturated heterocycles. The molecule has 1 aliphatic rings. The van der Waals surface area contributed by atoms with Crippen LogP contribution in [0.5, 0.6) is 5.75 Å². The van der Waals surface area contributed by atoms with E-state index in [2.05, 4.69) is 14.9 Å². The molecule has 0 spiro atoms. The van der Waals surface area contributed by atoms with Gasteiger partial charge in [0.25, 0.3) is 15.9 Å². The lowest BCUT2D eigenvalue weighted by molar-refractivity contribution is 0.102. The average molecular weight is 486 g/mol. The maximum absolute atomic E-state index is 13.0. The van der Waals surface area contributed by atoms with E-state index in [0.29, 0.717) is 27.7 Å². The fourth-order valence-corrected chi connectivity index (χ4v) is 4.90. The number of nitrogens with zero attached hydrogens (tertiary/aromatic N) is 1. The Bertz CT molecular complexity index is 1240. The summed E-state index contributed by atoms with van der Waals surface area (Å²) in [7, 11) is -2.32. The maximum Gasteiger partial charge on any atom is 0.261 e. The van der Waals surface area contributed by atoms with Crippen LogP contribution in [0.4, 0.5) is 17.1 Å². The zero-order valence-corrected chi connectivity index (χ0v) is 19.6. The van der Waals surface area contributed by atoms with Gasteiger partial charge in [0.05, 0.1) is 23.4 Å². The Labute approximate surface area is 198 Å². The average Bonchev–Trinajstić information content (AvgIpc) is 3.35. The van der Waals surface area contributed by atoms with Crippen LogP contribution in [0.25, 0.3) is 0 Å². The van der Waals surface area contributed by atoms with E-state index >= 15 is 0 Å². The van der Waals surface area contributed by atoms with Gasteiger partial charge >= 0.3 is 0 Å². The number of methoxy groups -OCH3 is 1. The molecular weight excluding hydrogens is 462 g/mol. The summed E-state index contributed by atoms with van der Waals surface area (Å²) in [6.07, 6.45) is 2.09. The van der Waals surface area contributed by atoms with E-state index in [1.54, 1.807) is 67.8 Å². The lowest BCUT2D eigenvalue weighted by Crippen LogP contribution is -2.22. The Morgan fingerprint density at radius 2 is 1.64 bits per heavy atom. The summed E-state index contributed by atoms with van der Waals surface area (Å²) in [6, 6.07) is 17.9. The molecule has 1 amide bonds. The van der Waals surface area contributed by atoms with Crippen LogP contribution >= 0.6 is 11.6 Å². The van der Waals surface area contributed by atoms with E-state index in [0.717, 1.165) is 31.6 Å². The second-order valence-electron chi connectivity index (χ2n) is 7.67. The number of benzene rings is 3. The van der Waals surface area contributed by atoms with E-state index in [9.17, 15) is 13.2 Å². The van der Waals surface area contributed by atoms with Crippen molar-refractivity contribution < 1.29 is 17.9 Å². The Hall–Kier alpha value is -3.23. The van der Waals surface area contributed by atoms with Crippen molar-refractivity contribution in [2.24, 2.45) is 0 Å². The van der Waals surface area contributed by atoms with Gasteiger partial charge in [-0.15, -0.1) is 0 Å². The molecule has 0 unspecified atom stereocenters. The third-order valence-corrected chi connectivity index (χ3v) is 7.05. The van der Waals surface area contributed by atoms with Gasteiger partial charge in [0, 0.05) is 29.4 Å². The Morgan fingerprint density at radius 3 is 2.27 bits per heavy atom. The lowest BCUT2D eigenvalue weighted by Gasteiger charge is -2.22. The Morgan fingerprint density at radius 1 is 0.970 bits per heavy atom. The molecule has 2 N–H and O–H groups in total. The molecule has 172 valence electrons. The highest BCUT2D eigenvalue weighted by Crippen LogP contribution is 2.32. The standard InChI is InChI=1S/C24H24ClN3O4S/c1-32-20-10-4-17(5-11-20)24(29)26-22-16-21(12-13-23(22)28-14-2-3-15-28)33(30,31)27-19-8-6-18(25)7-9-19/h4-13,16,27H,2-3,14-15H2,1H3,(H,26,29). The summed E-state index contributed by atoms with van der Waals surface area (Å²) in [6.45, 7) is 1.70. The van der Waals surface area contributed by atoms with Crippen molar-refractivity contribution in [1.82, 2.24) is 0 Å². The predicted molar refractivity (Wildman–Crippen MR) is 131 cm³/mol. The maximum atomic E-state index is 13.0. The van der Waals surface area contributed by atoms with Crippen molar-refractivity contribution in [3.63, 3.8) is 0 Å². The van der Waals surface area contributed by atoms with Gasteiger partial charge < -0.3 is 15.0 Å². The topological polar surface area (TPSA) is 87.7 Å². The van der Waals surface area contributed by atoms with Crippen molar-refractivity contribution in [3.05, 3.63) is 77.3 Å². The van der Waals surface area contributed by atoms with E-state index in [-0.39, 0.29) is 10.8 Å². The quantitative estimate of drug-likeness (QED) is 0.491. The van der Waals surface area contributed by atoms with Crippen LogP contribution < -0.4 is 19.7 Å². The molecule has 0 saturated carbocycles. The molecule has 0 aliphatic carbocycles. The number of halogens is 1. The third kappa shape index (κ3) is 5.40. The number of hydrogen-bond donors (Lipinski definition) is 2. The third-order valence-electron chi connectivity index (χ3n) is 5.42. The summed E-state index contributed by atoms with van der Waals surface area (Å²) in [4.78, 5) is 15.1. The molecule has 33 heavy (non-hydrogen) atoms. The number of hydrogen-bond acceptors (Lipinski definition) is 5. The smallest absolute Gasteiger partial charge is 0.261 e. The van der Waals surface area contributed by atoms with E-state index < -0.39 is 10.0 Å². The van der Waals surface area contributed by atoms with Crippen molar-refractivity contribution in [1.29, 1.82) is 0 Å². The molecule has 7 nitrogen and oxygen atoms in total. The molecule has 3 aromatic carbocycles. The van der Waals surface area contributed by atoms with Gasteiger partial charge in [-0.3, -0.25) is 9.52 Å². The van der Waals surface area contributed by atoms with Crippen LogP contribution in [0.2, 0.25) is 5.02 Å². The molecule has 1 heterocycles. The molecule has 3 aromatic rings. The van der Waals surface area contributed by atoms with Gasteiger partial charge in [0.1, 0.15) is 5.75 Å². The van der Waals surface area contributed by atoms with Gasteiger partial charge in [-0.2, -0.15) is 0 Å². The highest BCUT2D eigenvalue weighted by atomic mass is 35.5. The highest BCUT2D eigenvalue weighted by molar-refractivity contribution is 7.92. The summed E-state index contributed by atoms with van der Waals surface area (Å²) >= 11 is 5.89. The molecule has 0 atom stereocenters. The van der Waals surface area contributed by atoms with Crippen LogP contribution in [-0.2, 0) is 10.0 Å². The molecule has 0 bridgehead atoms. The van der Waals surface area contributed by atoms with Gasteiger partial charge in [0.15, 0.2) is 0 Å². The number of rotatable bonds is 7. The van der Waals surface area contributed by atoms with E-state index in [4.69, 9.17) is 16.3 Å². The number of anilines is 3. The second kappa shape index (κ2) is 9.72. The van der Waals surface area contributed by atoms with Crippen LogP contribution in [0, 0.1) is 0 Å². The first-order valence-electron chi connectivity index (χ1n) is 10.5. The van der Waals surface area contributed by atoms with Gasteiger partial charge in [-0.05, 0) is 79.6 Å². The van der Waals surface area contributed by atoms with Crippen molar-refractivity contribution in [2.75, 3.05) is 35.1 Å². The minimum atomic E-state index is -3.88. The minimum Gasteiger partial charge on any atom is -0.497 e. The van der Waals surface area contributed by atoms with Crippen LogP contribution in [0.3, 0.4) is 0 Å². The molecule has 4 rings (SSSR count). The first-order chi connectivity index (χ1) is 15.9. The predicted octanol–water partition coefficient (Wildman–Crippen LogP) is 5.00. The minimum absolute atomic E-state index is 0.0467. The summed E-state index contributed by atoms with van der Waals surface area (Å²) in [5.74, 6) is 0.309. The molecule has 9 heteroatoms. The number of sulfonamides is 1. The largest absolute Gasteiger partial charge is 0.497 e.